The quantitative estimate of drug-likeness (QED) is 0.771. The van der Waals surface area contributed by atoms with Gasteiger partial charge in [-0.1, -0.05) is 13.8 Å². The van der Waals surface area contributed by atoms with Crippen LogP contribution in [0.1, 0.15) is 36.8 Å². The lowest BCUT2D eigenvalue weighted by atomic mass is 9.96. The van der Waals surface area contributed by atoms with Crippen molar-refractivity contribution in [2.24, 2.45) is 5.92 Å². The van der Waals surface area contributed by atoms with Crippen LogP contribution < -0.4 is 0 Å². The molecule has 0 N–H and O–H groups in total. The number of amides is 1. The second-order valence-electron chi connectivity index (χ2n) is 4.56. The molecule has 2 nitrogen and oxygen atoms in total. The molecule has 0 fully saturated rings. The van der Waals surface area contributed by atoms with E-state index in [9.17, 15) is 4.79 Å². The molecule has 0 bridgehead atoms. The first-order chi connectivity index (χ1) is 8.19. The molecule has 0 aromatic carbocycles. The van der Waals surface area contributed by atoms with Crippen LogP contribution in [-0.2, 0) is 11.2 Å². The Labute approximate surface area is 112 Å². The van der Waals surface area contributed by atoms with Gasteiger partial charge in [0.2, 0.25) is 5.91 Å². The van der Waals surface area contributed by atoms with Gasteiger partial charge in [-0.05, 0) is 29.9 Å². The zero-order chi connectivity index (χ0) is 12.4. The second-order valence-corrected chi connectivity index (χ2v) is 5.87. The number of thiophene rings is 1. The van der Waals surface area contributed by atoms with Crippen molar-refractivity contribution in [3.8, 4) is 0 Å². The van der Waals surface area contributed by atoms with Crippen LogP contribution in [0.5, 0.6) is 0 Å². The molecular formula is C13H18ClNOS. The number of nitrogens with zero attached hydrogens (tertiary/aromatic N) is 1. The van der Waals surface area contributed by atoms with Gasteiger partial charge in [0.15, 0.2) is 0 Å². The fourth-order valence-electron chi connectivity index (χ4n) is 2.45. The number of fused-ring (bicyclic) bond motifs is 1. The van der Waals surface area contributed by atoms with Gasteiger partial charge in [0.05, 0.1) is 6.04 Å². The third-order valence-electron chi connectivity index (χ3n) is 3.42. The monoisotopic (exact) mass is 271 g/mol. The van der Waals surface area contributed by atoms with Crippen molar-refractivity contribution in [1.82, 2.24) is 4.90 Å². The van der Waals surface area contributed by atoms with Crippen molar-refractivity contribution in [3.63, 3.8) is 0 Å². The van der Waals surface area contributed by atoms with Crippen molar-refractivity contribution >= 4 is 28.8 Å². The Morgan fingerprint density at radius 2 is 2.47 bits per heavy atom. The second kappa shape index (κ2) is 5.40. The van der Waals surface area contributed by atoms with Gasteiger partial charge in [-0.2, -0.15) is 0 Å². The van der Waals surface area contributed by atoms with Crippen LogP contribution in [0.2, 0.25) is 0 Å². The normalized spacial score (nSPS) is 21.1. The van der Waals surface area contributed by atoms with E-state index in [1.54, 1.807) is 0 Å². The Hall–Kier alpha value is -0.540. The van der Waals surface area contributed by atoms with E-state index in [1.165, 1.54) is 10.4 Å². The van der Waals surface area contributed by atoms with Gasteiger partial charge in [-0.25, -0.2) is 0 Å². The fraction of sp³-hybridized carbons (Fsp3) is 0.615. The molecule has 2 atom stereocenters. The number of hydrogen-bond acceptors (Lipinski definition) is 2. The number of hydrogen-bond donors (Lipinski definition) is 0. The van der Waals surface area contributed by atoms with E-state index in [-0.39, 0.29) is 17.9 Å². The molecule has 2 unspecified atom stereocenters. The van der Waals surface area contributed by atoms with Crippen LogP contribution in [0, 0.1) is 5.92 Å². The summed E-state index contributed by atoms with van der Waals surface area (Å²) in [6.45, 7) is 4.89. The minimum atomic E-state index is -0.0779. The summed E-state index contributed by atoms with van der Waals surface area (Å²) in [6.07, 6.45) is 1.97. The van der Waals surface area contributed by atoms with Gasteiger partial charge in [-0.3, -0.25) is 4.79 Å². The lowest BCUT2D eigenvalue weighted by Gasteiger charge is -2.36. The van der Waals surface area contributed by atoms with Crippen molar-refractivity contribution in [1.29, 1.82) is 0 Å². The highest BCUT2D eigenvalue weighted by atomic mass is 35.5. The smallest absolute Gasteiger partial charge is 0.227 e. The van der Waals surface area contributed by atoms with Gasteiger partial charge in [-0.15, -0.1) is 22.9 Å². The number of halogens is 1. The number of alkyl halides is 1. The highest BCUT2D eigenvalue weighted by Crippen LogP contribution is 2.35. The SMILES string of the molecule is CCC1c2ccsc2CCN1C(=O)C(C)CCl. The number of carbonyl (C=O) groups is 1. The highest BCUT2D eigenvalue weighted by Gasteiger charge is 2.31. The van der Waals surface area contributed by atoms with E-state index in [2.05, 4.69) is 18.4 Å². The van der Waals surface area contributed by atoms with E-state index in [4.69, 9.17) is 11.6 Å². The Bertz CT molecular complexity index is 404. The Balaban J connectivity index is 2.23. The lowest BCUT2D eigenvalue weighted by Crippen LogP contribution is -2.42. The molecule has 0 spiro atoms. The van der Waals surface area contributed by atoms with Gasteiger partial charge in [0.25, 0.3) is 0 Å². The number of rotatable bonds is 3. The largest absolute Gasteiger partial charge is 0.335 e. The van der Waals surface area contributed by atoms with Crippen molar-refractivity contribution in [3.05, 3.63) is 21.9 Å². The highest BCUT2D eigenvalue weighted by molar-refractivity contribution is 7.10. The van der Waals surface area contributed by atoms with E-state index in [1.807, 2.05) is 23.2 Å². The molecule has 2 rings (SSSR count). The summed E-state index contributed by atoms with van der Waals surface area (Å²) < 4.78 is 0. The van der Waals surface area contributed by atoms with Gasteiger partial charge in [0, 0.05) is 23.2 Å². The molecule has 1 aliphatic rings. The molecular weight excluding hydrogens is 254 g/mol. The summed E-state index contributed by atoms with van der Waals surface area (Å²) in [4.78, 5) is 15.7. The van der Waals surface area contributed by atoms with Gasteiger partial charge >= 0.3 is 0 Å². The molecule has 0 saturated carbocycles. The minimum absolute atomic E-state index is 0.0779. The summed E-state index contributed by atoms with van der Waals surface area (Å²) in [5.41, 5.74) is 1.35. The Kier molecular flexibility index (Phi) is 4.10. The molecule has 1 aromatic heterocycles. The van der Waals surface area contributed by atoms with Gasteiger partial charge in [0.1, 0.15) is 0 Å². The molecule has 4 heteroatoms. The molecule has 1 aromatic rings. The van der Waals surface area contributed by atoms with E-state index < -0.39 is 0 Å². The van der Waals surface area contributed by atoms with Crippen molar-refractivity contribution in [2.75, 3.05) is 12.4 Å². The van der Waals surface area contributed by atoms with Crippen LogP contribution in [-0.4, -0.2) is 23.2 Å². The van der Waals surface area contributed by atoms with Crippen LogP contribution in [0.25, 0.3) is 0 Å². The van der Waals surface area contributed by atoms with Crippen LogP contribution in [0.3, 0.4) is 0 Å². The predicted octanol–water partition coefficient (Wildman–Crippen LogP) is 3.46. The van der Waals surface area contributed by atoms with Crippen LogP contribution in [0.15, 0.2) is 11.4 Å². The Morgan fingerprint density at radius 3 is 3.12 bits per heavy atom. The maximum Gasteiger partial charge on any atom is 0.227 e. The summed E-state index contributed by atoms with van der Waals surface area (Å²) in [5.74, 6) is 0.525. The molecule has 1 aliphatic heterocycles. The molecule has 94 valence electrons. The molecule has 0 saturated heterocycles. The average molecular weight is 272 g/mol. The Morgan fingerprint density at radius 1 is 1.71 bits per heavy atom. The van der Waals surface area contributed by atoms with Gasteiger partial charge < -0.3 is 4.90 Å². The molecule has 0 aliphatic carbocycles. The lowest BCUT2D eigenvalue weighted by molar-refractivity contribution is -0.137. The summed E-state index contributed by atoms with van der Waals surface area (Å²) in [5, 5.41) is 2.13. The third-order valence-corrected chi connectivity index (χ3v) is 4.88. The zero-order valence-corrected chi connectivity index (χ0v) is 11.9. The topological polar surface area (TPSA) is 20.3 Å². The van der Waals surface area contributed by atoms with Crippen molar-refractivity contribution in [2.45, 2.75) is 32.7 Å². The summed E-state index contributed by atoms with van der Waals surface area (Å²) in [7, 11) is 0. The molecule has 17 heavy (non-hydrogen) atoms. The third kappa shape index (κ3) is 2.36. The molecule has 2 heterocycles. The standard InChI is InChI=1S/C13H18ClNOS/c1-3-11-10-5-7-17-12(10)4-6-15(11)13(16)9(2)8-14/h5,7,9,11H,3-4,6,8H2,1-2H3. The summed E-state index contributed by atoms with van der Waals surface area (Å²) >= 11 is 7.60. The first kappa shape index (κ1) is 12.9. The first-order valence-corrected chi connectivity index (χ1v) is 7.53. The minimum Gasteiger partial charge on any atom is -0.335 e. The van der Waals surface area contributed by atoms with Crippen LogP contribution >= 0.6 is 22.9 Å². The van der Waals surface area contributed by atoms with E-state index in [0.29, 0.717) is 5.88 Å². The maximum absolute atomic E-state index is 12.3. The number of carbonyl (C=O) groups excluding carboxylic acids is 1. The van der Waals surface area contributed by atoms with E-state index in [0.717, 1.165) is 19.4 Å². The van der Waals surface area contributed by atoms with Crippen LogP contribution in [0.4, 0.5) is 0 Å². The van der Waals surface area contributed by atoms with E-state index >= 15 is 0 Å². The van der Waals surface area contributed by atoms with Crippen molar-refractivity contribution < 1.29 is 4.79 Å². The molecule has 0 radical (unpaired) electrons. The first-order valence-electron chi connectivity index (χ1n) is 6.11. The zero-order valence-electron chi connectivity index (χ0n) is 10.3. The predicted molar refractivity (Wildman–Crippen MR) is 72.7 cm³/mol. The maximum atomic E-state index is 12.3. The molecule has 1 amide bonds. The fourth-order valence-corrected chi connectivity index (χ4v) is 3.51. The average Bonchev–Trinajstić information content (AvgIpc) is 2.83. The summed E-state index contributed by atoms with van der Waals surface area (Å²) in [6, 6.07) is 2.42.